The van der Waals surface area contributed by atoms with E-state index in [-0.39, 0.29) is 13.0 Å². The summed E-state index contributed by atoms with van der Waals surface area (Å²) >= 11 is 0. The average molecular weight is 231 g/mol. The van der Waals surface area contributed by atoms with Crippen LogP contribution in [-0.2, 0) is 4.74 Å². The molecule has 0 amide bonds. The Morgan fingerprint density at radius 2 is 1.81 bits per heavy atom. The molecular formula is C10H11BF3O2-. The highest BCUT2D eigenvalue weighted by atomic mass is 19.4. The number of esters is 1. The zero-order valence-corrected chi connectivity index (χ0v) is 8.54. The number of hydrogen-bond donors (Lipinski definition) is 0. The first-order valence-corrected chi connectivity index (χ1v) is 4.92. The smallest absolute Gasteiger partial charge is 0.462 e. The van der Waals surface area contributed by atoms with Crippen molar-refractivity contribution in [2.45, 2.75) is 12.7 Å². The molecule has 0 unspecified atom stereocenters. The van der Waals surface area contributed by atoms with Crippen LogP contribution < -0.4 is 0 Å². The van der Waals surface area contributed by atoms with Crippen LogP contribution in [0.4, 0.5) is 12.9 Å². The van der Waals surface area contributed by atoms with Gasteiger partial charge < -0.3 is 17.7 Å². The van der Waals surface area contributed by atoms with Crippen molar-refractivity contribution in [2.24, 2.45) is 0 Å². The molecule has 1 rings (SSSR count). The molecule has 0 heterocycles. The maximum atomic E-state index is 11.8. The largest absolute Gasteiger partial charge is 0.478 e. The van der Waals surface area contributed by atoms with E-state index >= 15 is 0 Å². The molecule has 0 aliphatic carbocycles. The molecule has 1 aromatic rings. The fourth-order valence-corrected chi connectivity index (χ4v) is 1.14. The van der Waals surface area contributed by atoms with Gasteiger partial charge in [-0.3, -0.25) is 0 Å². The summed E-state index contributed by atoms with van der Waals surface area (Å²) in [6.45, 7) is -4.98. The number of rotatable bonds is 5. The summed E-state index contributed by atoms with van der Waals surface area (Å²) in [6, 6.07) is 8.17. The van der Waals surface area contributed by atoms with E-state index in [1.807, 2.05) is 0 Å². The Balaban J connectivity index is 2.27. The Labute approximate surface area is 91.5 Å². The molecule has 0 fully saturated rings. The minimum Gasteiger partial charge on any atom is -0.462 e. The second-order valence-electron chi connectivity index (χ2n) is 3.35. The van der Waals surface area contributed by atoms with Gasteiger partial charge in [0.15, 0.2) is 0 Å². The third-order valence-corrected chi connectivity index (χ3v) is 1.92. The van der Waals surface area contributed by atoms with Crippen molar-refractivity contribution in [3.63, 3.8) is 0 Å². The van der Waals surface area contributed by atoms with E-state index in [0.29, 0.717) is 5.56 Å². The molecule has 0 radical (unpaired) electrons. The van der Waals surface area contributed by atoms with Gasteiger partial charge in [0.05, 0.1) is 12.2 Å². The van der Waals surface area contributed by atoms with Crippen LogP contribution in [0.2, 0.25) is 6.32 Å². The third kappa shape index (κ3) is 4.86. The van der Waals surface area contributed by atoms with Crippen LogP contribution in [0.5, 0.6) is 0 Å². The van der Waals surface area contributed by atoms with Crippen LogP contribution in [0, 0.1) is 0 Å². The highest BCUT2D eigenvalue weighted by Crippen LogP contribution is 2.16. The normalized spacial score (nSPS) is 11.2. The fraction of sp³-hybridized carbons (Fsp3) is 0.300. The highest BCUT2D eigenvalue weighted by Gasteiger charge is 2.21. The van der Waals surface area contributed by atoms with E-state index in [0.717, 1.165) is 0 Å². The van der Waals surface area contributed by atoms with Gasteiger partial charge >= 0.3 is 12.9 Å². The summed E-state index contributed by atoms with van der Waals surface area (Å²) in [5.41, 5.74) is 0.347. The summed E-state index contributed by atoms with van der Waals surface area (Å²) in [7, 11) is 0. The molecule has 0 N–H and O–H groups in total. The van der Waals surface area contributed by atoms with Gasteiger partial charge in [-0.2, -0.15) is 0 Å². The molecule has 0 atom stereocenters. The Morgan fingerprint density at radius 1 is 1.19 bits per heavy atom. The lowest BCUT2D eigenvalue weighted by atomic mass is 9.85. The van der Waals surface area contributed by atoms with Crippen molar-refractivity contribution in [1.29, 1.82) is 0 Å². The summed E-state index contributed by atoms with van der Waals surface area (Å²) in [5.74, 6) is -0.588. The zero-order chi connectivity index (χ0) is 12.0. The second kappa shape index (κ2) is 5.58. The lowest BCUT2D eigenvalue weighted by Gasteiger charge is -2.12. The SMILES string of the molecule is O=C(OCCC[B-](F)(F)F)c1ccccc1. The van der Waals surface area contributed by atoms with Crippen molar-refractivity contribution in [1.82, 2.24) is 0 Å². The van der Waals surface area contributed by atoms with Gasteiger partial charge in [0.25, 0.3) is 0 Å². The van der Waals surface area contributed by atoms with Gasteiger partial charge in [-0.25, -0.2) is 4.79 Å². The van der Waals surface area contributed by atoms with Gasteiger partial charge in [0.2, 0.25) is 0 Å². The van der Waals surface area contributed by atoms with Gasteiger partial charge in [0, 0.05) is 0 Å². The predicted octanol–water partition coefficient (Wildman–Crippen LogP) is 3.08. The molecule has 88 valence electrons. The second-order valence-corrected chi connectivity index (χ2v) is 3.35. The number of benzene rings is 1. The molecule has 0 aliphatic heterocycles. The lowest BCUT2D eigenvalue weighted by molar-refractivity contribution is 0.0503. The molecule has 0 spiro atoms. The van der Waals surface area contributed by atoms with Gasteiger partial charge in [0.1, 0.15) is 0 Å². The standard InChI is InChI=1S/C10H11BF3O2/c12-11(13,14)7-4-8-16-10(15)9-5-2-1-3-6-9/h1-3,5-6H,4,7-8H2/q-1. The topological polar surface area (TPSA) is 26.3 Å². The van der Waals surface area contributed by atoms with Crippen LogP contribution in [0.15, 0.2) is 30.3 Å². The monoisotopic (exact) mass is 231 g/mol. The van der Waals surface area contributed by atoms with Crippen molar-refractivity contribution in [2.75, 3.05) is 6.61 Å². The van der Waals surface area contributed by atoms with Gasteiger partial charge in [-0.05, 0) is 18.6 Å². The van der Waals surface area contributed by atoms with Crippen LogP contribution in [0.25, 0.3) is 0 Å². The van der Waals surface area contributed by atoms with Crippen molar-refractivity contribution in [3.8, 4) is 0 Å². The number of ether oxygens (including phenoxy) is 1. The minimum atomic E-state index is -4.78. The number of halogens is 3. The molecule has 6 heteroatoms. The minimum absolute atomic E-state index is 0.178. The molecular weight excluding hydrogens is 220 g/mol. The Bertz CT molecular complexity index is 338. The first-order chi connectivity index (χ1) is 7.49. The Kier molecular flexibility index (Phi) is 4.40. The maximum absolute atomic E-state index is 11.8. The number of carbonyl (C=O) groups excluding carboxylic acids is 1. The first kappa shape index (κ1) is 12.6. The molecule has 0 saturated heterocycles. The summed E-state index contributed by atoms with van der Waals surface area (Å²) in [4.78, 5) is 11.3. The van der Waals surface area contributed by atoms with Crippen LogP contribution in [0.3, 0.4) is 0 Å². The average Bonchev–Trinajstić information content (AvgIpc) is 2.24. The molecule has 16 heavy (non-hydrogen) atoms. The number of carbonyl (C=O) groups is 1. The molecule has 0 aromatic heterocycles. The van der Waals surface area contributed by atoms with E-state index in [2.05, 4.69) is 0 Å². The Morgan fingerprint density at radius 3 is 2.38 bits per heavy atom. The van der Waals surface area contributed by atoms with Crippen LogP contribution in [-0.4, -0.2) is 19.6 Å². The highest BCUT2D eigenvalue weighted by molar-refractivity contribution is 6.58. The molecule has 2 nitrogen and oxygen atoms in total. The van der Waals surface area contributed by atoms with E-state index < -0.39 is 19.3 Å². The van der Waals surface area contributed by atoms with Crippen molar-refractivity contribution < 1.29 is 22.5 Å². The van der Waals surface area contributed by atoms with E-state index in [4.69, 9.17) is 4.74 Å². The maximum Gasteiger partial charge on any atom is 0.478 e. The summed E-state index contributed by atoms with van der Waals surface area (Å²) in [6.07, 6.45) is -1.05. The van der Waals surface area contributed by atoms with Crippen LogP contribution >= 0.6 is 0 Å². The third-order valence-electron chi connectivity index (χ3n) is 1.92. The molecule has 0 bridgehead atoms. The first-order valence-electron chi connectivity index (χ1n) is 4.92. The summed E-state index contributed by atoms with van der Waals surface area (Å²) < 4.78 is 40.2. The predicted molar refractivity (Wildman–Crippen MR) is 55.2 cm³/mol. The quantitative estimate of drug-likeness (QED) is 0.442. The molecule has 1 aromatic carbocycles. The van der Waals surface area contributed by atoms with E-state index in [1.54, 1.807) is 30.3 Å². The van der Waals surface area contributed by atoms with Gasteiger partial charge in [-0.1, -0.05) is 24.5 Å². The molecule has 0 aliphatic rings. The summed E-state index contributed by atoms with van der Waals surface area (Å²) in [5, 5.41) is 0. The zero-order valence-electron chi connectivity index (χ0n) is 8.54. The Hall–Kier alpha value is -1.46. The fourth-order valence-electron chi connectivity index (χ4n) is 1.14. The van der Waals surface area contributed by atoms with E-state index in [9.17, 15) is 17.7 Å². The van der Waals surface area contributed by atoms with Crippen molar-refractivity contribution in [3.05, 3.63) is 35.9 Å². The lowest BCUT2D eigenvalue weighted by Crippen LogP contribution is -2.16. The van der Waals surface area contributed by atoms with Crippen LogP contribution in [0.1, 0.15) is 16.8 Å². The van der Waals surface area contributed by atoms with E-state index in [1.165, 1.54) is 0 Å². The van der Waals surface area contributed by atoms with Crippen molar-refractivity contribution >= 4 is 12.9 Å². The molecule has 0 saturated carbocycles. The number of hydrogen-bond acceptors (Lipinski definition) is 2. The van der Waals surface area contributed by atoms with Gasteiger partial charge in [-0.15, -0.1) is 0 Å².